The minimum absolute atomic E-state index is 0.0230. The number of nitrogens with zero attached hydrogens (tertiary/aromatic N) is 4. The molecule has 9 heteroatoms. The number of pyridine rings is 1. The van der Waals surface area contributed by atoms with Crippen LogP contribution in [0.15, 0.2) is 24.4 Å². The molecule has 1 saturated carbocycles. The van der Waals surface area contributed by atoms with Crippen LogP contribution in [0.5, 0.6) is 0 Å². The second-order valence-corrected chi connectivity index (χ2v) is 9.42. The van der Waals surface area contributed by atoms with E-state index in [1.165, 1.54) is 0 Å². The summed E-state index contributed by atoms with van der Waals surface area (Å²) in [6, 6.07) is 5.85. The first-order chi connectivity index (χ1) is 15.6. The van der Waals surface area contributed by atoms with E-state index in [1.54, 1.807) is 6.20 Å². The van der Waals surface area contributed by atoms with Gasteiger partial charge in [-0.3, -0.25) is 19.3 Å². The number of hydrogen-bond acceptors (Lipinski definition) is 6. The number of rotatable bonds is 6. The zero-order valence-electron chi connectivity index (χ0n) is 18.4. The largest absolute Gasteiger partial charge is 0.353 e. The molecule has 3 saturated heterocycles. The van der Waals surface area contributed by atoms with Crippen molar-refractivity contribution in [2.75, 3.05) is 44.2 Å². The molecule has 0 aromatic carbocycles. The van der Waals surface area contributed by atoms with Gasteiger partial charge in [-0.2, -0.15) is 0 Å². The molecule has 4 heterocycles. The lowest BCUT2D eigenvalue weighted by atomic mass is 10.0. The van der Waals surface area contributed by atoms with Crippen molar-refractivity contribution in [3.05, 3.63) is 24.4 Å². The number of carbonyl (C=O) groups excluding carboxylic acids is 3. The van der Waals surface area contributed by atoms with Crippen LogP contribution in [0.25, 0.3) is 0 Å². The summed E-state index contributed by atoms with van der Waals surface area (Å²) in [4.78, 5) is 48.2. The monoisotopic (exact) mass is 440 g/mol. The summed E-state index contributed by atoms with van der Waals surface area (Å²) in [5.74, 6) is 1.49. The Kier molecular flexibility index (Phi) is 5.99. The van der Waals surface area contributed by atoms with Gasteiger partial charge in [0.25, 0.3) is 0 Å². The number of aromatic nitrogens is 1. The van der Waals surface area contributed by atoms with Gasteiger partial charge >= 0.3 is 0 Å². The molecule has 0 radical (unpaired) electrons. The van der Waals surface area contributed by atoms with Gasteiger partial charge in [0, 0.05) is 69.9 Å². The average Bonchev–Trinajstić information content (AvgIpc) is 3.59. The zero-order valence-corrected chi connectivity index (χ0v) is 18.4. The van der Waals surface area contributed by atoms with Crippen LogP contribution >= 0.6 is 0 Å². The van der Waals surface area contributed by atoms with Gasteiger partial charge in [0.15, 0.2) is 0 Å². The Labute approximate surface area is 188 Å². The maximum atomic E-state index is 12.9. The second-order valence-electron chi connectivity index (χ2n) is 9.42. The number of carbonyl (C=O) groups is 3. The molecule has 4 aliphatic rings. The molecule has 2 N–H and O–H groups in total. The predicted molar refractivity (Wildman–Crippen MR) is 119 cm³/mol. The van der Waals surface area contributed by atoms with Crippen molar-refractivity contribution >= 4 is 23.5 Å². The minimum Gasteiger partial charge on any atom is -0.353 e. The van der Waals surface area contributed by atoms with E-state index in [2.05, 4.69) is 25.4 Å². The Morgan fingerprint density at radius 2 is 1.97 bits per heavy atom. The van der Waals surface area contributed by atoms with E-state index in [-0.39, 0.29) is 41.8 Å². The number of piperazine rings is 2. The highest BCUT2D eigenvalue weighted by Gasteiger charge is 2.44. The SMILES string of the molecule is O=C(N[C@H]1C[C@H]2C(=O)NC[C@@H](CCC(=O)N3CCN(c4ccccn4)CC3)N2C1)C1CC1. The number of fused-ring (bicyclic) bond motifs is 1. The number of amides is 3. The molecular weight excluding hydrogens is 408 g/mol. The van der Waals surface area contributed by atoms with Crippen LogP contribution < -0.4 is 15.5 Å². The van der Waals surface area contributed by atoms with Gasteiger partial charge in [-0.25, -0.2) is 4.98 Å². The smallest absolute Gasteiger partial charge is 0.237 e. The molecule has 4 fully saturated rings. The first kappa shape index (κ1) is 21.2. The number of hydrogen-bond donors (Lipinski definition) is 2. The van der Waals surface area contributed by atoms with Crippen molar-refractivity contribution in [1.29, 1.82) is 0 Å². The Bertz CT molecular complexity index is 853. The van der Waals surface area contributed by atoms with Crippen molar-refractivity contribution < 1.29 is 14.4 Å². The molecule has 172 valence electrons. The summed E-state index contributed by atoms with van der Waals surface area (Å²) in [5.41, 5.74) is 0. The van der Waals surface area contributed by atoms with Crippen molar-refractivity contribution in [3.63, 3.8) is 0 Å². The molecule has 3 aliphatic heterocycles. The molecule has 0 bridgehead atoms. The molecule has 3 atom stereocenters. The molecule has 9 nitrogen and oxygen atoms in total. The third-order valence-corrected chi connectivity index (χ3v) is 7.21. The fraction of sp³-hybridized carbons (Fsp3) is 0.652. The Hall–Kier alpha value is -2.68. The first-order valence-electron chi connectivity index (χ1n) is 11.9. The van der Waals surface area contributed by atoms with Crippen LogP contribution in [0.2, 0.25) is 0 Å². The Morgan fingerprint density at radius 1 is 1.16 bits per heavy atom. The van der Waals surface area contributed by atoms with Crippen LogP contribution in [-0.4, -0.2) is 89.9 Å². The summed E-state index contributed by atoms with van der Waals surface area (Å²) in [7, 11) is 0. The van der Waals surface area contributed by atoms with E-state index >= 15 is 0 Å². The lowest BCUT2D eigenvalue weighted by molar-refractivity contribution is -0.132. The summed E-state index contributed by atoms with van der Waals surface area (Å²) < 4.78 is 0. The third-order valence-electron chi connectivity index (χ3n) is 7.21. The van der Waals surface area contributed by atoms with E-state index in [0.29, 0.717) is 39.0 Å². The van der Waals surface area contributed by atoms with Gasteiger partial charge < -0.3 is 20.4 Å². The second kappa shape index (κ2) is 9.05. The quantitative estimate of drug-likeness (QED) is 0.645. The van der Waals surface area contributed by atoms with Crippen LogP contribution in [0, 0.1) is 5.92 Å². The summed E-state index contributed by atoms with van der Waals surface area (Å²) >= 11 is 0. The molecule has 1 aliphatic carbocycles. The van der Waals surface area contributed by atoms with Gasteiger partial charge in [0.2, 0.25) is 17.7 Å². The Balaban J connectivity index is 1.10. The zero-order chi connectivity index (χ0) is 22.1. The fourth-order valence-corrected chi connectivity index (χ4v) is 5.19. The topological polar surface area (TPSA) is 97.9 Å². The van der Waals surface area contributed by atoms with Gasteiger partial charge in [-0.15, -0.1) is 0 Å². The highest BCUT2D eigenvalue weighted by molar-refractivity contribution is 5.84. The van der Waals surface area contributed by atoms with Crippen molar-refractivity contribution in [3.8, 4) is 0 Å². The summed E-state index contributed by atoms with van der Waals surface area (Å²) in [5, 5.41) is 6.13. The summed E-state index contributed by atoms with van der Waals surface area (Å²) in [6.45, 7) is 4.26. The fourth-order valence-electron chi connectivity index (χ4n) is 5.19. The maximum absolute atomic E-state index is 12.9. The van der Waals surface area contributed by atoms with E-state index in [9.17, 15) is 14.4 Å². The van der Waals surface area contributed by atoms with E-state index in [0.717, 1.165) is 38.2 Å². The molecule has 0 unspecified atom stereocenters. The standard InChI is InChI=1S/C23H32N6O3/c30-21(28-11-9-27(10-12-28)20-3-1-2-8-24-20)7-6-18-14-25-23(32)19-13-17(15-29(18)19)26-22(31)16-4-5-16/h1-3,8,16-19H,4-7,9-15H2,(H,25,32)(H,26,31)/t17-,18+,19-/m0/s1. The molecule has 3 amide bonds. The predicted octanol–water partition coefficient (Wildman–Crippen LogP) is -0.0221. The highest BCUT2D eigenvalue weighted by atomic mass is 16.2. The highest BCUT2D eigenvalue weighted by Crippen LogP contribution is 2.31. The molecule has 1 aromatic rings. The molecule has 5 rings (SSSR count). The van der Waals surface area contributed by atoms with E-state index < -0.39 is 0 Å². The van der Waals surface area contributed by atoms with Crippen LogP contribution in [0.4, 0.5) is 5.82 Å². The van der Waals surface area contributed by atoms with Crippen molar-refractivity contribution in [2.45, 2.75) is 50.2 Å². The lowest BCUT2D eigenvalue weighted by Gasteiger charge is -2.38. The van der Waals surface area contributed by atoms with Gasteiger partial charge in [0.05, 0.1) is 6.04 Å². The van der Waals surface area contributed by atoms with Crippen molar-refractivity contribution in [1.82, 2.24) is 25.4 Å². The van der Waals surface area contributed by atoms with Crippen LogP contribution in [0.1, 0.15) is 32.1 Å². The minimum atomic E-state index is -0.199. The van der Waals surface area contributed by atoms with E-state index in [4.69, 9.17) is 0 Å². The maximum Gasteiger partial charge on any atom is 0.237 e. The average molecular weight is 441 g/mol. The number of anilines is 1. The first-order valence-corrected chi connectivity index (χ1v) is 11.9. The van der Waals surface area contributed by atoms with E-state index in [1.807, 2.05) is 23.1 Å². The molecule has 0 spiro atoms. The normalized spacial score (nSPS) is 28.2. The van der Waals surface area contributed by atoms with Crippen molar-refractivity contribution in [2.24, 2.45) is 5.92 Å². The molecular formula is C23H32N6O3. The summed E-state index contributed by atoms with van der Waals surface area (Å²) in [6.07, 6.45) is 5.61. The van der Waals surface area contributed by atoms with Crippen LogP contribution in [0.3, 0.4) is 0 Å². The van der Waals surface area contributed by atoms with Gasteiger partial charge in [-0.05, 0) is 37.8 Å². The van der Waals surface area contributed by atoms with Crippen LogP contribution in [-0.2, 0) is 14.4 Å². The third kappa shape index (κ3) is 4.57. The van der Waals surface area contributed by atoms with Gasteiger partial charge in [0.1, 0.15) is 5.82 Å². The molecule has 1 aromatic heterocycles. The lowest BCUT2D eigenvalue weighted by Crippen LogP contribution is -2.58. The molecule has 32 heavy (non-hydrogen) atoms. The Morgan fingerprint density at radius 3 is 2.69 bits per heavy atom. The number of nitrogens with one attached hydrogen (secondary N) is 2. The van der Waals surface area contributed by atoms with Gasteiger partial charge in [-0.1, -0.05) is 6.07 Å².